The van der Waals surface area contributed by atoms with Crippen molar-refractivity contribution in [1.82, 2.24) is 0 Å². The maximum Gasteiger partial charge on any atom is 1.00 e. The number of hydrogen-bond donors (Lipinski definition) is 1. The molecule has 0 aromatic heterocycles. The van der Waals surface area contributed by atoms with Gasteiger partial charge in [0.1, 0.15) is 11.5 Å². The summed E-state index contributed by atoms with van der Waals surface area (Å²) in [4.78, 5) is 12.6. The SMILES string of the molecule is CCOc1cc(OCC)c([P-]C(=O)c2ccc(O)cc2)c(OCC)c1.[Li+]. The van der Waals surface area contributed by atoms with Gasteiger partial charge in [0.2, 0.25) is 0 Å². The van der Waals surface area contributed by atoms with Crippen LogP contribution in [0.2, 0.25) is 0 Å². The van der Waals surface area contributed by atoms with Crippen molar-refractivity contribution >= 4 is 19.4 Å². The fourth-order valence-corrected chi connectivity index (χ4v) is 3.18. The van der Waals surface area contributed by atoms with Crippen LogP contribution >= 0.6 is 8.58 Å². The Bertz CT molecular complexity index is 691. The Morgan fingerprint density at radius 1 is 0.923 bits per heavy atom. The summed E-state index contributed by atoms with van der Waals surface area (Å²) in [5.74, 6) is 1.92. The average Bonchev–Trinajstić information content (AvgIpc) is 2.59. The van der Waals surface area contributed by atoms with Gasteiger partial charge in [0.05, 0.1) is 31.3 Å². The minimum Gasteiger partial charge on any atom is -0.508 e. The van der Waals surface area contributed by atoms with Crippen LogP contribution in [0.4, 0.5) is 0 Å². The van der Waals surface area contributed by atoms with E-state index in [-0.39, 0.29) is 30.1 Å². The van der Waals surface area contributed by atoms with Crippen molar-refractivity contribution in [2.75, 3.05) is 19.8 Å². The third kappa shape index (κ3) is 5.95. The summed E-state index contributed by atoms with van der Waals surface area (Å²) >= 11 is 0. The molecule has 2 aromatic rings. The van der Waals surface area contributed by atoms with E-state index in [1.165, 1.54) is 12.1 Å². The van der Waals surface area contributed by atoms with Gasteiger partial charge in [-0.15, -0.1) is 5.30 Å². The van der Waals surface area contributed by atoms with Crippen LogP contribution < -0.4 is 38.4 Å². The molecule has 26 heavy (non-hydrogen) atoms. The quantitative estimate of drug-likeness (QED) is 0.529. The summed E-state index contributed by atoms with van der Waals surface area (Å²) in [6.07, 6.45) is 0. The summed E-state index contributed by atoms with van der Waals surface area (Å²) in [6.45, 7) is 7.14. The van der Waals surface area contributed by atoms with E-state index in [1.54, 1.807) is 24.3 Å². The first-order chi connectivity index (χ1) is 12.1. The second kappa shape index (κ2) is 11.1. The van der Waals surface area contributed by atoms with Gasteiger partial charge in [-0.25, -0.2) is 0 Å². The molecule has 2 rings (SSSR count). The molecule has 0 heterocycles. The van der Waals surface area contributed by atoms with E-state index >= 15 is 0 Å². The Hall–Kier alpha value is -1.66. The van der Waals surface area contributed by atoms with Gasteiger partial charge >= 0.3 is 18.9 Å². The van der Waals surface area contributed by atoms with Crippen molar-refractivity contribution in [3.05, 3.63) is 42.0 Å². The summed E-state index contributed by atoms with van der Waals surface area (Å²) in [5.41, 5.74) is 0.407. The summed E-state index contributed by atoms with van der Waals surface area (Å²) in [6, 6.07) is 9.74. The largest absolute Gasteiger partial charge is 1.00 e. The Balaban J connectivity index is 0.00000338. The van der Waals surface area contributed by atoms with E-state index in [0.717, 1.165) is 0 Å². The standard InChI is InChI=1S/C19H22O5P.Li/c1-4-22-15-11-16(23-5-2)18(17(12-15)24-6-3)25-19(21)13-7-9-14(20)10-8-13;/h7-12,20H,4-6H2,1-3H3;/q-1;+1. The van der Waals surface area contributed by atoms with Gasteiger partial charge < -0.3 is 32.7 Å². The van der Waals surface area contributed by atoms with Crippen molar-refractivity contribution in [1.29, 1.82) is 0 Å². The van der Waals surface area contributed by atoms with Crippen LogP contribution in [0.25, 0.3) is 0 Å². The molecule has 0 amide bonds. The molecule has 0 radical (unpaired) electrons. The Morgan fingerprint density at radius 3 is 1.88 bits per heavy atom. The average molecular weight is 368 g/mol. The van der Waals surface area contributed by atoms with Crippen LogP contribution in [0, 0.1) is 0 Å². The number of hydrogen-bond acceptors (Lipinski definition) is 5. The fraction of sp³-hybridized carbons (Fsp3) is 0.316. The van der Waals surface area contributed by atoms with Crippen LogP contribution in [0.1, 0.15) is 31.1 Å². The number of carbonyl (C=O) groups is 1. The van der Waals surface area contributed by atoms with Crippen molar-refractivity contribution in [3.8, 4) is 23.0 Å². The zero-order chi connectivity index (χ0) is 18.2. The summed E-state index contributed by atoms with van der Waals surface area (Å²) < 4.78 is 17.0. The minimum absolute atomic E-state index is 0. The number of phenols is 1. The van der Waals surface area contributed by atoms with Crippen LogP contribution in [-0.2, 0) is 0 Å². The molecule has 0 aliphatic carbocycles. The van der Waals surface area contributed by atoms with Crippen LogP contribution in [0.15, 0.2) is 36.4 Å². The molecular weight excluding hydrogens is 346 g/mol. The molecule has 0 saturated heterocycles. The maximum atomic E-state index is 12.6. The molecule has 2 aromatic carbocycles. The number of aromatic hydroxyl groups is 1. The van der Waals surface area contributed by atoms with Gasteiger partial charge in [-0.05, 0) is 38.5 Å². The third-order valence-corrected chi connectivity index (χ3v) is 4.38. The molecule has 0 aliphatic rings. The molecule has 0 unspecified atom stereocenters. The molecule has 0 saturated carbocycles. The summed E-state index contributed by atoms with van der Waals surface area (Å²) in [7, 11) is 0.439. The number of ether oxygens (including phenoxy) is 3. The molecule has 0 spiro atoms. The van der Waals surface area contributed by atoms with Gasteiger partial charge in [-0.3, -0.25) is 0 Å². The molecular formula is C19H22LiO5P. The second-order valence-corrected chi connectivity index (χ2v) is 6.11. The van der Waals surface area contributed by atoms with E-state index in [0.29, 0.717) is 56.5 Å². The Kier molecular flexibility index (Phi) is 9.58. The van der Waals surface area contributed by atoms with Gasteiger partial charge in [0.15, 0.2) is 0 Å². The fourth-order valence-electron chi connectivity index (χ4n) is 2.22. The van der Waals surface area contributed by atoms with E-state index in [4.69, 9.17) is 14.2 Å². The number of rotatable bonds is 9. The van der Waals surface area contributed by atoms with E-state index < -0.39 is 0 Å². The Morgan fingerprint density at radius 2 is 1.42 bits per heavy atom. The van der Waals surface area contributed by atoms with Crippen molar-refractivity contribution in [2.24, 2.45) is 0 Å². The van der Waals surface area contributed by atoms with Gasteiger partial charge in [-0.1, -0.05) is 12.1 Å². The number of phenolic OH excluding ortho intramolecular Hbond substituents is 1. The van der Waals surface area contributed by atoms with E-state index in [2.05, 4.69) is 0 Å². The molecule has 0 bridgehead atoms. The monoisotopic (exact) mass is 368 g/mol. The predicted octanol–water partition coefficient (Wildman–Crippen LogP) is 1.00. The molecule has 0 aliphatic heterocycles. The number of carbonyl (C=O) groups excluding carboxylic acids is 1. The second-order valence-electron chi connectivity index (χ2n) is 5.03. The minimum atomic E-state index is -0.105. The predicted molar refractivity (Wildman–Crippen MR) is 98.9 cm³/mol. The third-order valence-electron chi connectivity index (χ3n) is 3.25. The maximum absolute atomic E-state index is 12.6. The van der Waals surface area contributed by atoms with Crippen molar-refractivity contribution in [3.63, 3.8) is 0 Å². The topological polar surface area (TPSA) is 65.0 Å². The zero-order valence-corrected chi connectivity index (χ0v) is 16.5. The molecule has 1 N–H and O–H groups in total. The van der Waals surface area contributed by atoms with Gasteiger partial charge in [-0.2, -0.15) is 0 Å². The van der Waals surface area contributed by atoms with Crippen molar-refractivity contribution < 1.29 is 43.0 Å². The smallest absolute Gasteiger partial charge is 0.508 e. The molecule has 5 nitrogen and oxygen atoms in total. The van der Waals surface area contributed by atoms with Gasteiger partial charge in [0.25, 0.3) is 0 Å². The Labute approximate surface area is 168 Å². The van der Waals surface area contributed by atoms with Crippen molar-refractivity contribution in [2.45, 2.75) is 20.8 Å². The van der Waals surface area contributed by atoms with Crippen LogP contribution in [0.5, 0.6) is 23.0 Å². The zero-order valence-electron chi connectivity index (χ0n) is 15.6. The summed E-state index contributed by atoms with van der Waals surface area (Å²) in [5, 5.41) is 10.0. The first-order valence-corrected chi connectivity index (χ1v) is 9.10. The molecule has 134 valence electrons. The van der Waals surface area contributed by atoms with E-state index in [9.17, 15) is 9.90 Å². The normalized spacial score (nSPS) is 10.4. The van der Waals surface area contributed by atoms with Crippen LogP contribution in [0.3, 0.4) is 0 Å². The first-order valence-electron chi connectivity index (χ1n) is 8.20. The molecule has 0 fully saturated rings. The first kappa shape index (κ1) is 22.4. The van der Waals surface area contributed by atoms with Crippen LogP contribution in [-0.4, -0.2) is 30.5 Å². The van der Waals surface area contributed by atoms with E-state index in [1.807, 2.05) is 20.8 Å². The molecule has 0 atom stereocenters. The van der Waals surface area contributed by atoms with Gasteiger partial charge in [0, 0.05) is 17.7 Å². The number of benzene rings is 2. The molecule has 7 heteroatoms.